The monoisotopic (exact) mass is 385 g/mol. The molecule has 4 rings (SSSR count). The summed E-state index contributed by atoms with van der Waals surface area (Å²) in [6.45, 7) is 0.419. The summed E-state index contributed by atoms with van der Waals surface area (Å²) >= 11 is 0. The van der Waals surface area contributed by atoms with Crippen molar-refractivity contribution in [3.8, 4) is 0 Å². The number of amides is 1. The number of hydrogen-bond donors (Lipinski definition) is 2. The minimum atomic E-state index is 0. The molecule has 0 aliphatic heterocycles. The minimum Gasteiger partial charge on any atom is -0.349 e. The Kier molecular flexibility index (Phi) is 6.65. The van der Waals surface area contributed by atoms with Crippen molar-refractivity contribution in [2.24, 2.45) is 23.5 Å². The van der Waals surface area contributed by atoms with Crippen molar-refractivity contribution in [2.45, 2.75) is 44.7 Å². The van der Waals surface area contributed by atoms with Crippen molar-refractivity contribution in [3.63, 3.8) is 0 Å². The molecule has 2 bridgehead atoms. The van der Waals surface area contributed by atoms with Crippen molar-refractivity contribution in [3.05, 3.63) is 30.2 Å². The molecule has 1 amide bonds. The summed E-state index contributed by atoms with van der Waals surface area (Å²) in [5, 5.41) is 11.3. The Labute approximate surface area is 159 Å². The molecule has 3 N–H and O–H groups in total. The highest BCUT2D eigenvalue weighted by atomic mass is 35.5. The lowest BCUT2D eigenvalue weighted by Crippen LogP contribution is -2.49. The van der Waals surface area contributed by atoms with Crippen LogP contribution in [0.4, 0.5) is 0 Å². The Morgan fingerprint density at radius 3 is 2.64 bits per heavy atom. The Bertz CT molecular complexity index is 708. The third-order valence-corrected chi connectivity index (χ3v) is 5.59. The summed E-state index contributed by atoms with van der Waals surface area (Å²) in [4.78, 5) is 12.6. The molecule has 2 aliphatic carbocycles. The van der Waals surface area contributed by atoms with Crippen LogP contribution in [0.3, 0.4) is 0 Å². The second-order valence-corrected chi connectivity index (χ2v) is 6.96. The fourth-order valence-electron chi connectivity index (χ4n) is 4.33. The number of nitrogens with zero attached hydrogens (tertiary/aromatic N) is 3. The van der Waals surface area contributed by atoms with Gasteiger partial charge >= 0.3 is 0 Å². The molecule has 2 atom stereocenters. The second-order valence-electron chi connectivity index (χ2n) is 6.96. The number of halogens is 2. The first-order valence-corrected chi connectivity index (χ1v) is 8.54. The molecule has 0 radical (unpaired) electrons. The molecule has 0 saturated heterocycles. The third kappa shape index (κ3) is 3.91. The highest BCUT2D eigenvalue weighted by Crippen LogP contribution is 2.41. The summed E-state index contributed by atoms with van der Waals surface area (Å²) in [6.07, 6.45) is 7.41. The standard InChI is InChI=1S/C17H23N5O.2ClH/c18-16-11-4-3-5-12(16)9-13(8-11)17(23)19-10-15-21-20-14-6-1-2-7-22(14)15;;/h1-2,6-7,11-13,16H,3-5,8-10,18H2,(H,19,23);2*1H. The van der Waals surface area contributed by atoms with Crippen molar-refractivity contribution in [1.82, 2.24) is 19.9 Å². The number of hydrogen-bond acceptors (Lipinski definition) is 4. The summed E-state index contributed by atoms with van der Waals surface area (Å²) in [7, 11) is 0. The van der Waals surface area contributed by atoms with Gasteiger partial charge in [0.05, 0.1) is 6.54 Å². The zero-order chi connectivity index (χ0) is 15.8. The smallest absolute Gasteiger partial charge is 0.223 e. The van der Waals surface area contributed by atoms with E-state index in [-0.39, 0.29) is 36.6 Å². The molecule has 2 aromatic heterocycles. The third-order valence-electron chi connectivity index (χ3n) is 5.59. The molecule has 0 aromatic carbocycles. The highest BCUT2D eigenvalue weighted by molar-refractivity contribution is 5.85. The molecular formula is C17H25Cl2N5O. The lowest BCUT2D eigenvalue weighted by atomic mass is 9.65. The van der Waals surface area contributed by atoms with E-state index in [9.17, 15) is 4.79 Å². The van der Waals surface area contributed by atoms with E-state index in [1.807, 2.05) is 28.8 Å². The predicted octanol–water partition coefficient (Wildman–Crippen LogP) is 2.34. The molecule has 6 nitrogen and oxygen atoms in total. The zero-order valence-corrected chi connectivity index (χ0v) is 15.6. The number of nitrogens with two attached hydrogens (primary N) is 1. The van der Waals surface area contributed by atoms with Gasteiger partial charge in [-0.3, -0.25) is 9.20 Å². The van der Waals surface area contributed by atoms with Crippen LogP contribution in [-0.4, -0.2) is 26.5 Å². The van der Waals surface area contributed by atoms with E-state index in [0.29, 0.717) is 24.4 Å². The number of pyridine rings is 1. The predicted molar refractivity (Wildman–Crippen MR) is 101 cm³/mol. The normalized spacial score (nSPS) is 27.9. The van der Waals surface area contributed by atoms with Crippen LogP contribution in [0.25, 0.3) is 5.65 Å². The number of rotatable bonds is 3. The van der Waals surface area contributed by atoms with Gasteiger partial charge < -0.3 is 11.1 Å². The van der Waals surface area contributed by atoms with Gasteiger partial charge in [0.15, 0.2) is 11.5 Å². The summed E-state index contributed by atoms with van der Waals surface area (Å²) in [6, 6.07) is 6.07. The molecule has 0 spiro atoms. The van der Waals surface area contributed by atoms with Gasteiger partial charge in [-0.25, -0.2) is 0 Å². The Balaban J connectivity index is 0.00000113. The van der Waals surface area contributed by atoms with Crippen LogP contribution in [0.2, 0.25) is 0 Å². The fourth-order valence-corrected chi connectivity index (χ4v) is 4.33. The average molecular weight is 386 g/mol. The molecule has 2 aromatic rings. The molecule has 138 valence electrons. The number of aromatic nitrogens is 3. The van der Waals surface area contributed by atoms with Gasteiger partial charge in [-0.15, -0.1) is 35.0 Å². The Hall–Kier alpha value is -1.37. The fraction of sp³-hybridized carbons (Fsp3) is 0.588. The van der Waals surface area contributed by atoms with Gasteiger partial charge in [0, 0.05) is 18.2 Å². The number of fused-ring (bicyclic) bond motifs is 3. The largest absolute Gasteiger partial charge is 0.349 e. The van der Waals surface area contributed by atoms with Crippen LogP contribution < -0.4 is 11.1 Å². The highest BCUT2D eigenvalue weighted by Gasteiger charge is 2.40. The minimum absolute atomic E-state index is 0. The summed E-state index contributed by atoms with van der Waals surface area (Å²) in [5.74, 6) is 2.05. The first-order valence-electron chi connectivity index (χ1n) is 8.54. The van der Waals surface area contributed by atoms with E-state index in [0.717, 1.165) is 24.3 Å². The van der Waals surface area contributed by atoms with E-state index in [1.165, 1.54) is 19.3 Å². The lowest BCUT2D eigenvalue weighted by molar-refractivity contribution is -0.128. The summed E-state index contributed by atoms with van der Waals surface area (Å²) in [5.41, 5.74) is 7.11. The van der Waals surface area contributed by atoms with Gasteiger partial charge in [0.2, 0.25) is 5.91 Å². The van der Waals surface area contributed by atoms with E-state index >= 15 is 0 Å². The second kappa shape index (κ2) is 8.34. The van der Waals surface area contributed by atoms with E-state index in [1.54, 1.807) is 0 Å². The number of nitrogens with one attached hydrogen (secondary N) is 1. The van der Waals surface area contributed by atoms with E-state index < -0.39 is 0 Å². The molecule has 25 heavy (non-hydrogen) atoms. The molecule has 8 heteroatoms. The van der Waals surface area contributed by atoms with Gasteiger partial charge in [-0.2, -0.15) is 0 Å². The van der Waals surface area contributed by atoms with Crippen LogP contribution >= 0.6 is 24.8 Å². The summed E-state index contributed by atoms with van der Waals surface area (Å²) < 4.78 is 1.91. The molecule has 2 aliphatic rings. The van der Waals surface area contributed by atoms with Crippen LogP contribution in [0.15, 0.2) is 24.4 Å². The maximum absolute atomic E-state index is 12.6. The molecule has 2 unspecified atom stereocenters. The molecular weight excluding hydrogens is 361 g/mol. The van der Waals surface area contributed by atoms with Gasteiger partial charge in [-0.1, -0.05) is 12.5 Å². The van der Waals surface area contributed by atoms with Crippen molar-refractivity contribution in [2.75, 3.05) is 0 Å². The molecule has 2 saturated carbocycles. The van der Waals surface area contributed by atoms with Crippen molar-refractivity contribution >= 4 is 36.4 Å². The van der Waals surface area contributed by atoms with Crippen LogP contribution in [0.1, 0.15) is 37.9 Å². The lowest BCUT2D eigenvalue weighted by Gasteiger charge is -2.43. The Morgan fingerprint density at radius 2 is 1.92 bits per heavy atom. The average Bonchev–Trinajstić information content (AvgIpc) is 2.95. The maximum atomic E-state index is 12.6. The molecule has 2 fully saturated rings. The van der Waals surface area contributed by atoms with Crippen molar-refractivity contribution < 1.29 is 4.79 Å². The number of carbonyl (C=O) groups excluding carboxylic acids is 1. The van der Waals surface area contributed by atoms with Crippen LogP contribution in [0.5, 0.6) is 0 Å². The van der Waals surface area contributed by atoms with Gasteiger partial charge in [0.25, 0.3) is 0 Å². The van der Waals surface area contributed by atoms with Crippen LogP contribution in [-0.2, 0) is 11.3 Å². The van der Waals surface area contributed by atoms with E-state index in [4.69, 9.17) is 5.73 Å². The number of carbonyl (C=O) groups is 1. The van der Waals surface area contributed by atoms with Gasteiger partial charge in [-0.05, 0) is 49.7 Å². The first kappa shape index (κ1) is 19.9. The molecule has 2 heterocycles. The topological polar surface area (TPSA) is 85.3 Å². The van der Waals surface area contributed by atoms with Crippen molar-refractivity contribution in [1.29, 1.82) is 0 Å². The Morgan fingerprint density at radius 1 is 1.20 bits per heavy atom. The van der Waals surface area contributed by atoms with E-state index in [2.05, 4.69) is 15.5 Å². The first-order chi connectivity index (χ1) is 11.2. The maximum Gasteiger partial charge on any atom is 0.223 e. The zero-order valence-electron chi connectivity index (χ0n) is 14.0. The quantitative estimate of drug-likeness (QED) is 0.848. The van der Waals surface area contributed by atoms with Gasteiger partial charge in [0.1, 0.15) is 0 Å². The van der Waals surface area contributed by atoms with Crippen LogP contribution in [0, 0.1) is 17.8 Å². The SMILES string of the molecule is Cl.Cl.NC1C2CCCC1CC(C(=O)NCc1nnc3ccccn13)C2.